The average molecular weight is 596 g/mol. The molecular weight excluding hydrogens is 578 g/mol. The zero-order chi connectivity index (χ0) is 17.9. The van der Waals surface area contributed by atoms with Gasteiger partial charge in [0.1, 0.15) is 12.4 Å². The van der Waals surface area contributed by atoms with Crippen LogP contribution in [-0.4, -0.2) is 42.5 Å². The maximum absolute atomic E-state index is 12.2. The fourth-order valence-corrected chi connectivity index (χ4v) is 2.34. The Morgan fingerprint density at radius 3 is 2.73 bits per heavy atom. The maximum Gasteiger partial charge on any atom is 2.00 e. The van der Waals surface area contributed by atoms with Crippen molar-refractivity contribution in [3.63, 3.8) is 0 Å². The molecule has 1 amide bonds. The molecule has 0 saturated heterocycles. The Bertz CT molecular complexity index is 719. The topological polar surface area (TPSA) is 99.4 Å². The number of nitrogens with two attached hydrogens (primary N) is 1. The number of anilines is 1. The molecule has 1 heterocycles. The van der Waals surface area contributed by atoms with Gasteiger partial charge in [0.15, 0.2) is 0 Å². The second-order valence-electron chi connectivity index (χ2n) is 4.64. The van der Waals surface area contributed by atoms with Crippen LogP contribution in [-0.2, 0) is 4.74 Å². The van der Waals surface area contributed by atoms with Crippen LogP contribution in [0.3, 0.4) is 0 Å². The number of carbonyl (C=O) groups excluding carboxylic acids is 1. The minimum atomic E-state index is -0.283. The Morgan fingerprint density at radius 1 is 1.27 bits per heavy atom. The van der Waals surface area contributed by atoms with Crippen LogP contribution in [0, 0.1) is 43.8 Å². The Kier molecular flexibility index (Phi) is 11.1. The Hall–Kier alpha value is -1.50. The number of amides is 1. The van der Waals surface area contributed by atoms with Crippen LogP contribution < -0.4 is 15.8 Å². The molecule has 2 aromatic rings. The van der Waals surface area contributed by atoms with Gasteiger partial charge in [0.25, 0.3) is 5.91 Å². The summed E-state index contributed by atoms with van der Waals surface area (Å²) < 4.78 is 10.7. The molecule has 0 aliphatic rings. The third-order valence-corrected chi connectivity index (χ3v) is 3.59. The Balaban J connectivity index is 0.00000338. The van der Waals surface area contributed by atoms with E-state index in [1.54, 1.807) is 24.3 Å². The minimum absolute atomic E-state index is 0. The molecule has 0 saturated carbocycles. The second-order valence-corrected chi connectivity index (χ2v) is 5.62. The third-order valence-electron chi connectivity index (χ3n) is 2.82. The summed E-state index contributed by atoms with van der Waals surface area (Å²) in [5.41, 5.74) is 5.81. The fourth-order valence-electron chi connectivity index (χ4n) is 1.73. The summed E-state index contributed by atoms with van der Waals surface area (Å²) in [4.78, 5) is 12.2. The molecule has 2 rings (SSSR count). The molecule has 134 valence electrons. The molecule has 0 fully saturated rings. The van der Waals surface area contributed by atoms with E-state index in [2.05, 4.69) is 21.6 Å². The molecule has 9 heteroatoms. The number of hydrogen-bond acceptors (Lipinski definition) is 7. The first-order valence-corrected chi connectivity index (χ1v) is 8.33. The van der Waals surface area contributed by atoms with E-state index in [1.165, 1.54) is 23.5 Å². The number of carbonyl (C=O) groups is 1. The number of hydrogen-bond donors (Lipinski definition) is 2. The molecule has 0 radical (unpaired) electrons. The monoisotopic (exact) mass is 596 g/mol. The summed E-state index contributed by atoms with van der Waals surface area (Å²) in [6, 6.07) is 6.78. The molecule has 1 aromatic carbocycles. The summed E-state index contributed by atoms with van der Waals surface area (Å²) in [7, 11) is 0. The van der Waals surface area contributed by atoms with Crippen molar-refractivity contribution < 1.29 is 45.4 Å². The molecule has 7 nitrogen and oxygen atoms in total. The van der Waals surface area contributed by atoms with Gasteiger partial charge in [-0.05, 0) is 24.3 Å². The average Bonchev–Trinajstić information content (AvgIpc) is 3.07. The minimum Gasteiger partial charge on any atom is -0.491 e. The van der Waals surface area contributed by atoms with Gasteiger partial charge in [-0.25, -0.2) is 0 Å². The molecule has 26 heavy (non-hydrogen) atoms. The number of benzene rings is 1. The molecule has 0 spiro atoms. The molecular formula is C17H18N4O3SU. The van der Waals surface area contributed by atoms with Gasteiger partial charge in [-0.3, -0.25) is 10.1 Å². The van der Waals surface area contributed by atoms with Gasteiger partial charge < -0.3 is 40.0 Å². The normalized spacial score (nSPS) is 10.3. The van der Waals surface area contributed by atoms with E-state index >= 15 is 0 Å². The van der Waals surface area contributed by atoms with Gasteiger partial charge in [-0.2, -0.15) is 5.10 Å². The number of nitrogens with one attached hydrogen (secondary N) is 1. The maximum atomic E-state index is 12.2. The first-order chi connectivity index (χ1) is 12.2. The molecule has 0 bridgehead atoms. The van der Waals surface area contributed by atoms with Crippen molar-refractivity contribution in [3.05, 3.63) is 59.6 Å². The zero-order valence-corrected chi connectivity index (χ0v) is 19.0. The summed E-state index contributed by atoms with van der Waals surface area (Å²) in [6.07, 6.45) is 5.68. The number of allylic oxidation sites excluding steroid dienone is 2. The Morgan fingerprint density at radius 2 is 2.04 bits per heavy atom. The molecule has 3 N–H and O–H groups in total. The molecule has 0 unspecified atom stereocenters. The molecule has 0 atom stereocenters. The van der Waals surface area contributed by atoms with Gasteiger partial charge in [-0.15, -0.1) is 5.10 Å². The van der Waals surface area contributed by atoms with Crippen LogP contribution in [0.4, 0.5) is 5.13 Å². The van der Waals surface area contributed by atoms with Crippen molar-refractivity contribution in [2.45, 2.75) is 0 Å². The summed E-state index contributed by atoms with van der Waals surface area (Å²) >= 11 is 1.20. The fraction of sp³-hybridized carbons (Fsp3) is 0.235. The summed E-state index contributed by atoms with van der Waals surface area (Å²) in [6.45, 7) is 7.10. The van der Waals surface area contributed by atoms with Gasteiger partial charge >= 0.3 is 31.1 Å². The smallest absolute Gasteiger partial charge is 0.491 e. The van der Waals surface area contributed by atoms with Crippen LogP contribution in [0.5, 0.6) is 5.75 Å². The number of ether oxygens (including phenoxy) is 2. The second kappa shape index (κ2) is 12.8. The molecule has 1 aromatic heterocycles. The SMILES string of the molecule is [CH-]=CC=[C-]c1nnc(NC(=O)c2ccc(OCCOCCN)cc2)s1.[U+2]. The number of nitrogens with zero attached hydrogens (tertiary/aromatic N) is 2. The predicted octanol–water partition coefficient (Wildman–Crippen LogP) is 1.84. The van der Waals surface area contributed by atoms with Crippen LogP contribution in [0.2, 0.25) is 0 Å². The van der Waals surface area contributed by atoms with Crippen molar-refractivity contribution >= 4 is 22.4 Å². The first-order valence-electron chi connectivity index (χ1n) is 7.51. The summed E-state index contributed by atoms with van der Waals surface area (Å²) in [5.74, 6) is 0.374. The van der Waals surface area contributed by atoms with Gasteiger partial charge in [0.05, 0.1) is 13.2 Å². The number of rotatable bonds is 10. The van der Waals surface area contributed by atoms with Crippen molar-refractivity contribution in [2.75, 3.05) is 31.7 Å². The van der Waals surface area contributed by atoms with E-state index in [1.807, 2.05) is 0 Å². The van der Waals surface area contributed by atoms with E-state index in [4.69, 9.17) is 21.8 Å². The van der Waals surface area contributed by atoms with Crippen LogP contribution in [0.25, 0.3) is 0 Å². The zero-order valence-electron chi connectivity index (χ0n) is 14.0. The predicted molar refractivity (Wildman–Crippen MR) is 95.5 cm³/mol. The van der Waals surface area contributed by atoms with Crippen molar-refractivity contribution in [1.82, 2.24) is 10.2 Å². The summed E-state index contributed by atoms with van der Waals surface area (Å²) in [5, 5.41) is 11.3. The van der Waals surface area contributed by atoms with E-state index < -0.39 is 0 Å². The molecule has 0 aliphatic carbocycles. The largest absolute Gasteiger partial charge is 2.00 e. The van der Waals surface area contributed by atoms with Crippen molar-refractivity contribution in [3.8, 4) is 5.75 Å². The van der Waals surface area contributed by atoms with Crippen molar-refractivity contribution in [1.29, 1.82) is 0 Å². The van der Waals surface area contributed by atoms with Gasteiger partial charge in [0, 0.05) is 17.1 Å². The van der Waals surface area contributed by atoms with Gasteiger partial charge in [-0.1, -0.05) is 11.3 Å². The van der Waals surface area contributed by atoms with Gasteiger partial charge in [0.2, 0.25) is 5.13 Å². The number of aromatic nitrogens is 2. The standard InChI is InChI=1S/C17H18N4O3S.U/c1-2-3-4-15-20-21-17(25-15)19-16(22)13-5-7-14(8-6-13)24-12-11-23-10-9-18;/h1-3,5-8H,9-12,18H2,(H,19,21,22);/q-2;+2. The third kappa shape index (κ3) is 7.81. The van der Waals surface area contributed by atoms with E-state index in [-0.39, 0.29) is 37.0 Å². The Labute approximate surface area is 180 Å². The first kappa shape index (κ1) is 22.5. The van der Waals surface area contributed by atoms with Crippen molar-refractivity contribution in [2.24, 2.45) is 5.73 Å². The van der Waals surface area contributed by atoms with E-state index in [9.17, 15) is 4.79 Å². The van der Waals surface area contributed by atoms with Crippen LogP contribution in [0.15, 0.2) is 36.4 Å². The van der Waals surface area contributed by atoms with Crippen LogP contribution in [0.1, 0.15) is 15.4 Å². The molecule has 0 aliphatic heterocycles. The van der Waals surface area contributed by atoms with E-state index in [0.29, 0.717) is 47.8 Å². The quantitative estimate of drug-likeness (QED) is 0.247. The van der Waals surface area contributed by atoms with E-state index in [0.717, 1.165) is 0 Å². The van der Waals surface area contributed by atoms with Crippen LogP contribution >= 0.6 is 11.3 Å².